The van der Waals surface area contributed by atoms with Gasteiger partial charge in [0, 0.05) is 12.7 Å². The van der Waals surface area contributed by atoms with Crippen LogP contribution in [0.5, 0.6) is 0 Å². The van der Waals surface area contributed by atoms with Gasteiger partial charge in [0.25, 0.3) is 0 Å². The van der Waals surface area contributed by atoms with E-state index in [2.05, 4.69) is 20.7 Å². The molecule has 2 heterocycles. The largest absolute Gasteiger partial charge is 0.450 e. The van der Waals surface area contributed by atoms with Crippen molar-refractivity contribution in [3.8, 4) is 0 Å². The summed E-state index contributed by atoms with van der Waals surface area (Å²) in [5.41, 5.74) is -0.602. The lowest BCUT2D eigenvalue weighted by Crippen LogP contribution is -2.46. The van der Waals surface area contributed by atoms with Crippen molar-refractivity contribution in [1.29, 1.82) is 0 Å². The first-order valence-electron chi connectivity index (χ1n) is 5.37. The first-order chi connectivity index (χ1) is 8.36. The summed E-state index contributed by atoms with van der Waals surface area (Å²) in [7, 11) is -3.70. The van der Waals surface area contributed by atoms with Crippen molar-refractivity contribution >= 4 is 26.0 Å². The number of ether oxygens (including phenoxy) is 1. The van der Waals surface area contributed by atoms with E-state index in [1.807, 2.05) is 0 Å². The molecule has 1 fully saturated rings. The molecule has 1 unspecified atom stereocenters. The lowest BCUT2D eigenvalue weighted by atomic mass is 10.0. The van der Waals surface area contributed by atoms with E-state index >= 15 is 0 Å². The van der Waals surface area contributed by atoms with Gasteiger partial charge in [0.1, 0.15) is 17.3 Å². The number of aliphatic hydroxyl groups is 1. The van der Waals surface area contributed by atoms with Crippen molar-refractivity contribution < 1.29 is 22.7 Å². The molecular formula is C10H14BrNO5S. The van der Waals surface area contributed by atoms with E-state index in [9.17, 15) is 8.42 Å². The SMILES string of the molecule is CC1(NS(=O)(=O)c2cc(CO)oc2Br)CCOC1. The lowest BCUT2D eigenvalue weighted by Gasteiger charge is -2.22. The molecular weight excluding hydrogens is 326 g/mol. The van der Waals surface area contributed by atoms with Crippen molar-refractivity contribution in [2.75, 3.05) is 13.2 Å². The van der Waals surface area contributed by atoms with Crippen LogP contribution in [0.1, 0.15) is 19.1 Å². The zero-order chi connectivity index (χ0) is 13.4. The fraction of sp³-hybridized carbons (Fsp3) is 0.600. The van der Waals surface area contributed by atoms with Crippen molar-refractivity contribution in [2.45, 2.75) is 30.4 Å². The Morgan fingerprint density at radius 1 is 1.61 bits per heavy atom. The van der Waals surface area contributed by atoms with Gasteiger partial charge in [-0.3, -0.25) is 0 Å². The Kier molecular flexibility index (Phi) is 3.84. The molecule has 0 radical (unpaired) electrons. The van der Waals surface area contributed by atoms with Gasteiger partial charge in [-0.05, 0) is 29.3 Å². The van der Waals surface area contributed by atoms with E-state index in [1.54, 1.807) is 6.92 Å². The highest BCUT2D eigenvalue weighted by atomic mass is 79.9. The minimum atomic E-state index is -3.70. The van der Waals surface area contributed by atoms with E-state index < -0.39 is 15.6 Å². The number of hydrogen-bond acceptors (Lipinski definition) is 5. The summed E-state index contributed by atoms with van der Waals surface area (Å²) in [6.07, 6.45) is 0.620. The first-order valence-corrected chi connectivity index (χ1v) is 7.65. The van der Waals surface area contributed by atoms with E-state index in [1.165, 1.54) is 6.07 Å². The van der Waals surface area contributed by atoms with Crippen molar-refractivity contribution in [3.63, 3.8) is 0 Å². The third-order valence-electron chi connectivity index (χ3n) is 2.75. The predicted molar refractivity (Wildman–Crippen MR) is 66.5 cm³/mol. The second-order valence-electron chi connectivity index (χ2n) is 4.48. The Morgan fingerprint density at radius 3 is 2.83 bits per heavy atom. The monoisotopic (exact) mass is 339 g/mol. The van der Waals surface area contributed by atoms with Gasteiger partial charge < -0.3 is 14.3 Å². The van der Waals surface area contributed by atoms with Crippen LogP contribution in [0.15, 0.2) is 20.0 Å². The second kappa shape index (κ2) is 4.93. The smallest absolute Gasteiger partial charge is 0.245 e. The van der Waals surface area contributed by atoms with Gasteiger partial charge in [-0.15, -0.1) is 0 Å². The second-order valence-corrected chi connectivity index (χ2v) is 6.85. The van der Waals surface area contributed by atoms with Gasteiger partial charge in [-0.25, -0.2) is 13.1 Å². The Balaban J connectivity index is 2.27. The quantitative estimate of drug-likeness (QED) is 0.853. The maximum absolute atomic E-state index is 12.2. The molecule has 6 nitrogen and oxygen atoms in total. The van der Waals surface area contributed by atoms with Crippen LogP contribution >= 0.6 is 15.9 Å². The van der Waals surface area contributed by atoms with Gasteiger partial charge in [-0.1, -0.05) is 0 Å². The first kappa shape index (κ1) is 14.0. The lowest BCUT2D eigenvalue weighted by molar-refractivity contribution is 0.178. The molecule has 1 atom stereocenters. The minimum absolute atomic E-state index is 0.0142. The fourth-order valence-corrected chi connectivity index (χ4v) is 4.21. The van der Waals surface area contributed by atoms with Crippen LogP contribution < -0.4 is 4.72 Å². The number of rotatable bonds is 4. The van der Waals surface area contributed by atoms with Gasteiger partial charge in [-0.2, -0.15) is 0 Å². The number of furan rings is 1. The summed E-state index contributed by atoms with van der Waals surface area (Å²) in [5.74, 6) is 0.190. The van der Waals surface area contributed by atoms with Crippen LogP contribution in [0.3, 0.4) is 0 Å². The Labute approximate surface area is 113 Å². The van der Waals surface area contributed by atoms with Crippen LogP contribution in [-0.4, -0.2) is 32.3 Å². The van der Waals surface area contributed by atoms with E-state index in [0.29, 0.717) is 19.6 Å². The maximum atomic E-state index is 12.2. The third-order valence-corrected chi connectivity index (χ3v) is 5.25. The molecule has 0 saturated carbocycles. The van der Waals surface area contributed by atoms with Crippen LogP contribution in [0.25, 0.3) is 0 Å². The topological polar surface area (TPSA) is 88.8 Å². The van der Waals surface area contributed by atoms with Crippen LogP contribution in [0.4, 0.5) is 0 Å². The van der Waals surface area contributed by atoms with E-state index in [4.69, 9.17) is 14.3 Å². The molecule has 0 bridgehead atoms. The predicted octanol–water partition coefficient (Wildman–Crippen LogP) is 0.992. The number of aliphatic hydroxyl groups excluding tert-OH is 1. The minimum Gasteiger partial charge on any atom is -0.450 e. The standard InChI is InChI=1S/C10H14BrNO5S/c1-10(2-3-16-6-10)12-18(14,15)8-4-7(5-13)17-9(8)11/h4,12-13H,2-3,5-6H2,1H3. The normalized spacial score (nSPS) is 24.6. The molecule has 1 aliphatic heterocycles. The van der Waals surface area contributed by atoms with Gasteiger partial charge >= 0.3 is 0 Å². The number of sulfonamides is 1. The Bertz CT molecular complexity index is 532. The van der Waals surface area contributed by atoms with Crippen molar-refractivity contribution in [3.05, 3.63) is 16.5 Å². The van der Waals surface area contributed by atoms with Crippen molar-refractivity contribution in [1.82, 2.24) is 4.72 Å². The average Bonchev–Trinajstić information content (AvgIpc) is 2.84. The molecule has 1 aliphatic rings. The van der Waals surface area contributed by atoms with Crippen LogP contribution in [0.2, 0.25) is 0 Å². The van der Waals surface area contributed by atoms with Crippen molar-refractivity contribution in [2.24, 2.45) is 0 Å². The maximum Gasteiger partial charge on any atom is 0.245 e. The molecule has 1 aromatic rings. The molecule has 0 aliphatic carbocycles. The van der Waals surface area contributed by atoms with Crippen LogP contribution in [0, 0.1) is 0 Å². The molecule has 2 N–H and O–H groups in total. The summed E-state index contributed by atoms with van der Waals surface area (Å²) in [6, 6.07) is 1.30. The molecule has 0 amide bonds. The molecule has 102 valence electrons. The zero-order valence-corrected chi connectivity index (χ0v) is 12.2. The summed E-state index contributed by atoms with van der Waals surface area (Å²) in [5, 5.41) is 8.93. The van der Waals surface area contributed by atoms with Gasteiger partial charge in [0.05, 0.1) is 12.1 Å². The summed E-state index contributed by atoms with van der Waals surface area (Å²) in [6.45, 7) is 2.31. The van der Waals surface area contributed by atoms with E-state index in [0.717, 1.165) is 0 Å². The Hall–Kier alpha value is -0.410. The molecule has 0 spiro atoms. The van der Waals surface area contributed by atoms with Gasteiger partial charge in [0.2, 0.25) is 10.0 Å². The number of halogens is 1. The summed E-state index contributed by atoms with van der Waals surface area (Å²) < 4.78 is 37.4. The highest BCUT2D eigenvalue weighted by Gasteiger charge is 2.36. The number of hydrogen-bond donors (Lipinski definition) is 2. The van der Waals surface area contributed by atoms with Crippen LogP contribution in [-0.2, 0) is 21.4 Å². The fourth-order valence-electron chi connectivity index (χ4n) is 1.79. The average molecular weight is 340 g/mol. The molecule has 1 saturated heterocycles. The van der Waals surface area contributed by atoms with Gasteiger partial charge in [0.15, 0.2) is 4.67 Å². The third kappa shape index (κ3) is 2.77. The van der Waals surface area contributed by atoms with E-state index in [-0.39, 0.29) is 21.9 Å². The highest BCUT2D eigenvalue weighted by Crippen LogP contribution is 2.28. The zero-order valence-electron chi connectivity index (χ0n) is 9.77. The summed E-state index contributed by atoms with van der Waals surface area (Å²) >= 11 is 3.03. The Morgan fingerprint density at radius 2 is 2.33 bits per heavy atom. The summed E-state index contributed by atoms with van der Waals surface area (Å²) in [4.78, 5) is -0.0142. The molecule has 1 aromatic heterocycles. The molecule has 0 aromatic carbocycles. The highest BCUT2D eigenvalue weighted by molar-refractivity contribution is 9.10. The molecule has 18 heavy (non-hydrogen) atoms. The molecule has 2 rings (SSSR count). The number of nitrogens with one attached hydrogen (secondary N) is 1. The molecule has 8 heteroatoms.